The van der Waals surface area contributed by atoms with Crippen LogP contribution in [0, 0.1) is 5.92 Å². The maximum absolute atomic E-state index is 11.3. The third kappa shape index (κ3) is 3.44. The second kappa shape index (κ2) is 5.44. The Hall–Kier alpha value is -0.650. The number of hydrogen-bond acceptors (Lipinski definition) is 5. The first kappa shape index (κ1) is 12.4. The Morgan fingerprint density at radius 2 is 2.00 bits per heavy atom. The van der Waals surface area contributed by atoms with Gasteiger partial charge in [-0.3, -0.25) is 9.69 Å². The third-order valence-electron chi connectivity index (χ3n) is 2.56. The smallest absolute Gasteiger partial charge is 0.309 e. The van der Waals surface area contributed by atoms with E-state index >= 15 is 0 Å². The third-order valence-corrected chi connectivity index (χ3v) is 2.56. The van der Waals surface area contributed by atoms with Gasteiger partial charge in [0.15, 0.2) is 0 Å². The van der Waals surface area contributed by atoms with Crippen LogP contribution < -0.4 is 0 Å². The van der Waals surface area contributed by atoms with E-state index in [1.54, 1.807) is 13.8 Å². The fourth-order valence-electron chi connectivity index (χ4n) is 1.74. The summed E-state index contributed by atoms with van der Waals surface area (Å²) in [7, 11) is 0. The highest BCUT2D eigenvalue weighted by atomic mass is 16.5. The average Bonchev–Trinajstić information content (AvgIpc) is 2.46. The zero-order valence-electron chi connectivity index (χ0n) is 9.22. The molecule has 88 valence electrons. The zero-order chi connectivity index (χ0) is 11.4. The van der Waals surface area contributed by atoms with Gasteiger partial charge >= 0.3 is 5.97 Å². The molecule has 0 amide bonds. The van der Waals surface area contributed by atoms with Gasteiger partial charge in [0, 0.05) is 19.6 Å². The summed E-state index contributed by atoms with van der Waals surface area (Å²) in [5, 5.41) is 18.6. The molecule has 1 aliphatic rings. The SMILES string of the molecule is CCOC(=O)C(C)CN1C[C@@H](O)[C@@H](O)C1. The summed E-state index contributed by atoms with van der Waals surface area (Å²) >= 11 is 0. The zero-order valence-corrected chi connectivity index (χ0v) is 9.22. The summed E-state index contributed by atoms with van der Waals surface area (Å²) in [5.74, 6) is -0.448. The lowest BCUT2D eigenvalue weighted by Gasteiger charge is -2.18. The minimum Gasteiger partial charge on any atom is -0.466 e. The quantitative estimate of drug-likeness (QED) is 0.605. The van der Waals surface area contributed by atoms with E-state index in [0.717, 1.165) is 0 Å². The first-order valence-electron chi connectivity index (χ1n) is 5.29. The van der Waals surface area contributed by atoms with Crippen LogP contribution in [0.15, 0.2) is 0 Å². The molecule has 0 aliphatic carbocycles. The van der Waals surface area contributed by atoms with E-state index in [4.69, 9.17) is 4.74 Å². The minimum atomic E-state index is -0.695. The summed E-state index contributed by atoms with van der Waals surface area (Å²) in [4.78, 5) is 13.2. The van der Waals surface area contributed by atoms with Crippen LogP contribution in [0.3, 0.4) is 0 Å². The van der Waals surface area contributed by atoms with E-state index in [2.05, 4.69) is 0 Å². The van der Waals surface area contributed by atoms with Crippen molar-refractivity contribution in [3.05, 3.63) is 0 Å². The molecular formula is C10H19NO4. The van der Waals surface area contributed by atoms with Gasteiger partial charge in [-0.15, -0.1) is 0 Å². The van der Waals surface area contributed by atoms with Crippen molar-refractivity contribution in [1.29, 1.82) is 0 Å². The number of carbonyl (C=O) groups is 1. The van der Waals surface area contributed by atoms with Crippen LogP contribution in [0.5, 0.6) is 0 Å². The monoisotopic (exact) mass is 217 g/mol. The van der Waals surface area contributed by atoms with Crippen LogP contribution in [0.2, 0.25) is 0 Å². The molecule has 2 N–H and O–H groups in total. The number of aliphatic hydroxyl groups is 2. The lowest BCUT2D eigenvalue weighted by Crippen LogP contribution is -2.32. The molecule has 0 saturated carbocycles. The van der Waals surface area contributed by atoms with E-state index in [1.165, 1.54) is 0 Å². The molecule has 1 fully saturated rings. The molecule has 1 heterocycles. The second-order valence-corrected chi connectivity index (χ2v) is 4.01. The molecule has 1 aliphatic heterocycles. The van der Waals surface area contributed by atoms with Crippen LogP contribution >= 0.6 is 0 Å². The van der Waals surface area contributed by atoms with Crippen LogP contribution in [-0.4, -0.2) is 59.5 Å². The number of hydrogen-bond donors (Lipinski definition) is 2. The van der Waals surface area contributed by atoms with Crippen LogP contribution in [0.1, 0.15) is 13.8 Å². The van der Waals surface area contributed by atoms with Crippen molar-refractivity contribution in [2.45, 2.75) is 26.1 Å². The Morgan fingerprint density at radius 1 is 1.47 bits per heavy atom. The first-order valence-corrected chi connectivity index (χ1v) is 5.29. The summed E-state index contributed by atoms with van der Waals surface area (Å²) in [6, 6.07) is 0. The standard InChI is InChI=1S/C10H19NO4/c1-3-15-10(14)7(2)4-11-5-8(12)9(13)6-11/h7-9,12-13H,3-6H2,1-2H3/t7?,8-,9+. The van der Waals surface area contributed by atoms with E-state index in [-0.39, 0.29) is 11.9 Å². The summed E-state index contributed by atoms with van der Waals surface area (Å²) in [5.41, 5.74) is 0. The Kier molecular flexibility index (Phi) is 4.50. The molecule has 15 heavy (non-hydrogen) atoms. The topological polar surface area (TPSA) is 70.0 Å². The Labute approximate surface area is 89.6 Å². The van der Waals surface area contributed by atoms with Gasteiger partial charge in [-0.1, -0.05) is 6.92 Å². The van der Waals surface area contributed by atoms with Crippen molar-refractivity contribution in [3.63, 3.8) is 0 Å². The van der Waals surface area contributed by atoms with E-state index in [0.29, 0.717) is 26.2 Å². The van der Waals surface area contributed by atoms with Gasteiger partial charge < -0.3 is 14.9 Å². The van der Waals surface area contributed by atoms with Gasteiger partial charge in [-0.25, -0.2) is 0 Å². The highest BCUT2D eigenvalue weighted by Gasteiger charge is 2.31. The fraction of sp³-hybridized carbons (Fsp3) is 0.900. The van der Waals surface area contributed by atoms with Crippen molar-refractivity contribution in [2.75, 3.05) is 26.2 Å². The number of rotatable bonds is 4. The summed E-state index contributed by atoms with van der Waals surface area (Å²) in [6.45, 7) is 5.31. The molecule has 5 nitrogen and oxygen atoms in total. The van der Waals surface area contributed by atoms with Crippen molar-refractivity contribution in [3.8, 4) is 0 Å². The highest BCUT2D eigenvalue weighted by Crippen LogP contribution is 2.12. The van der Waals surface area contributed by atoms with Gasteiger partial charge in [-0.05, 0) is 6.92 Å². The van der Waals surface area contributed by atoms with E-state index < -0.39 is 12.2 Å². The molecule has 1 unspecified atom stereocenters. The van der Waals surface area contributed by atoms with Crippen LogP contribution in [0.25, 0.3) is 0 Å². The first-order chi connectivity index (χ1) is 7.04. The number of β-amino-alcohol motifs (C(OH)–C–C–N with tert-alkyl or cyclic N) is 2. The number of nitrogens with zero attached hydrogens (tertiary/aromatic N) is 1. The number of esters is 1. The Morgan fingerprint density at radius 3 is 2.47 bits per heavy atom. The van der Waals surface area contributed by atoms with Gasteiger partial charge in [0.25, 0.3) is 0 Å². The summed E-state index contributed by atoms with van der Waals surface area (Å²) in [6.07, 6.45) is -1.39. The average molecular weight is 217 g/mol. The van der Waals surface area contributed by atoms with Gasteiger partial charge in [0.2, 0.25) is 0 Å². The van der Waals surface area contributed by atoms with Crippen molar-refractivity contribution < 1.29 is 19.7 Å². The molecule has 5 heteroatoms. The van der Waals surface area contributed by atoms with Gasteiger partial charge in [-0.2, -0.15) is 0 Å². The van der Waals surface area contributed by atoms with Crippen LogP contribution in [0.4, 0.5) is 0 Å². The predicted molar refractivity (Wildman–Crippen MR) is 54.3 cm³/mol. The lowest BCUT2D eigenvalue weighted by molar-refractivity contribution is -0.148. The molecule has 3 atom stereocenters. The van der Waals surface area contributed by atoms with E-state index in [1.807, 2.05) is 4.90 Å². The molecule has 1 saturated heterocycles. The maximum Gasteiger partial charge on any atom is 0.309 e. The van der Waals surface area contributed by atoms with Gasteiger partial charge in [0.05, 0.1) is 24.7 Å². The molecule has 0 bridgehead atoms. The largest absolute Gasteiger partial charge is 0.466 e. The minimum absolute atomic E-state index is 0.220. The highest BCUT2D eigenvalue weighted by molar-refractivity contribution is 5.72. The summed E-state index contributed by atoms with van der Waals surface area (Å²) < 4.78 is 4.88. The van der Waals surface area contributed by atoms with Crippen LogP contribution in [-0.2, 0) is 9.53 Å². The molecule has 0 radical (unpaired) electrons. The molecule has 1 rings (SSSR count). The molecular weight excluding hydrogens is 198 g/mol. The lowest BCUT2D eigenvalue weighted by atomic mass is 10.2. The Balaban J connectivity index is 2.33. The van der Waals surface area contributed by atoms with E-state index in [9.17, 15) is 15.0 Å². The van der Waals surface area contributed by atoms with Crippen molar-refractivity contribution >= 4 is 5.97 Å². The normalized spacial score (nSPS) is 29.1. The second-order valence-electron chi connectivity index (χ2n) is 4.01. The molecule has 0 aromatic carbocycles. The number of aliphatic hydroxyl groups excluding tert-OH is 2. The fourth-order valence-corrected chi connectivity index (χ4v) is 1.74. The van der Waals surface area contributed by atoms with Crippen molar-refractivity contribution in [1.82, 2.24) is 4.90 Å². The van der Waals surface area contributed by atoms with Gasteiger partial charge in [0.1, 0.15) is 0 Å². The molecule has 0 spiro atoms. The maximum atomic E-state index is 11.3. The number of carbonyl (C=O) groups excluding carboxylic acids is 1. The Bertz CT molecular complexity index is 211. The number of ether oxygens (including phenoxy) is 1. The molecule has 0 aromatic heterocycles. The number of likely N-dealkylation sites (tertiary alicyclic amines) is 1. The van der Waals surface area contributed by atoms with Crippen molar-refractivity contribution in [2.24, 2.45) is 5.92 Å². The predicted octanol–water partition coefficient (Wildman–Crippen LogP) is -0.777. The molecule has 0 aromatic rings.